The summed E-state index contributed by atoms with van der Waals surface area (Å²) in [6, 6.07) is 33.0. The number of hydrogen-bond donors (Lipinski definition) is 2. The van der Waals surface area contributed by atoms with Gasteiger partial charge in [-0.3, -0.25) is 9.98 Å². The maximum atomic E-state index is 4.56. The zero-order chi connectivity index (χ0) is 31.3. The molecule has 0 unspecified atom stereocenters. The van der Waals surface area contributed by atoms with Crippen molar-refractivity contribution in [2.24, 2.45) is 9.98 Å². The number of aliphatic imine (C=N–C) groups is 2. The first kappa shape index (κ1) is 28.4. The maximum Gasteiger partial charge on any atom is 0.0729 e. The summed E-state index contributed by atoms with van der Waals surface area (Å²) >= 11 is 0. The zero-order valence-electron chi connectivity index (χ0n) is 25.6. The molecule has 2 N–H and O–H groups in total. The van der Waals surface area contributed by atoms with Gasteiger partial charge in [-0.15, -0.1) is 0 Å². The highest BCUT2D eigenvalue weighted by molar-refractivity contribution is 5.89. The van der Waals surface area contributed by atoms with Crippen molar-refractivity contribution in [2.45, 2.75) is 13.8 Å². The Kier molecular flexibility index (Phi) is 7.85. The summed E-state index contributed by atoms with van der Waals surface area (Å²) in [7, 11) is 0. The van der Waals surface area contributed by atoms with Gasteiger partial charge in [-0.05, 0) is 110 Å². The zero-order valence-corrected chi connectivity index (χ0v) is 25.6. The molecule has 2 aromatic heterocycles. The smallest absolute Gasteiger partial charge is 0.0729 e. The lowest BCUT2D eigenvalue weighted by molar-refractivity contribution is 1.23. The minimum absolute atomic E-state index is 0.894. The van der Waals surface area contributed by atoms with E-state index in [9.17, 15) is 0 Å². The molecule has 4 heterocycles. The molecule has 5 aromatic rings. The first-order chi connectivity index (χ1) is 22.6. The first-order valence-electron chi connectivity index (χ1n) is 15.2. The number of H-pyrrole nitrogens is 2. The van der Waals surface area contributed by atoms with Gasteiger partial charge in [0.2, 0.25) is 0 Å². The summed E-state index contributed by atoms with van der Waals surface area (Å²) in [5.74, 6) is 13.4. The number of nitrogens with zero attached hydrogens (tertiary/aromatic N) is 2. The summed E-state index contributed by atoms with van der Waals surface area (Å²) in [4.78, 5) is 16.0. The van der Waals surface area contributed by atoms with Crippen molar-refractivity contribution in [3.8, 4) is 23.7 Å². The highest BCUT2D eigenvalue weighted by atomic mass is 14.8. The van der Waals surface area contributed by atoms with Crippen molar-refractivity contribution in [3.05, 3.63) is 189 Å². The van der Waals surface area contributed by atoms with E-state index in [4.69, 9.17) is 0 Å². The van der Waals surface area contributed by atoms with Gasteiger partial charge in [0, 0.05) is 68.6 Å². The molecule has 4 heteroatoms. The third-order valence-corrected chi connectivity index (χ3v) is 7.78. The van der Waals surface area contributed by atoms with Crippen LogP contribution in [0.25, 0.3) is 11.1 Å². The van der Waals surface area contributed by atoms with Crippen LogP contribution in [0, 0.1) is 37.5 Å². The number of benzene rings is 3. The summed E-state index contributed by atoms with van der Waals surface area (Å²) in [5, 5.41) is 0. The van der Waals surface area contributed by atoms with Crippen LogP contribution < -0.4 is 0 Å². The Bertz CT molecular complexity index is 2060. The second-order valence-corrected chi connectivity index (χ2v) is 11.1. The van der Waals surface area contributed by atoms with E-state index < -0.39 is 0 Å². The number of hydrogen-bond acceptors (Lipinski definition) is 2. The van der Waals surface area contributed by atoms with Gasteiger partial charge < -0.3 is 9.97 Å². The van der Waals surface area contributed by atoms with E-state index in [1.165, 1.54) is 0 Å². The van der Waals surface area contributed by atoms with Gasteiger partial charge in [0.05, 0.1) is 11.4 Å². The van der Waals surface area contributed by atoms with E-state index in [0.717, 1.165) is 78.7 Å². The second kappa shape index (κ2) is 12.7. The highest BCUT2D eigenvalue weighted by Gasteiger charge is 2.14. The molecule has 46 heavy (non-hydrogen) atoms. The van der Waals surface area contributed by atoms with Crippen molar-refractivity contribution in [2.75, 3.05) is 0 Å². The number of aromatic amines is 2. The highest BCUT2D eigenvalue weighted by Crippen LogP contribution is 2.30. The number of allylic oxidation sites excluding steroid dienone is 4. The average molecular weight is 591 g/mol. The lowest BCUT2D eigenvalue weighted by atomic mass is 9.99. The van der Waals surface area contributed by atoms with E-state index in [1.54, 1.807) is 0 Å². The Morgan fingerprint density at radius 1 is 0.500 bits per heavy atom. The van der Waals surface area contributed by atoms with Crippen molar-refractivity contribution in [3.63, 3.8) is 0 Å². The standard InChI is InChI=1S/C42H30N4/c1-29-11-25-39(45-29)41(37-9-5-27-43-37)35-21-15-31(16-22-35)13-19-33-7-3-4-8-34(33)20-14-32-17-23-36(24-18-32)42(38-10-6-28-44-38)40-26-12-30(2)46-40/h3-12,15-18,21-28,45-46H,1-2H3/b41-37-,42-38+. The monoisotopic (exact) mass is 590 g/mol. The summed E-state index contributed by atoms with van der Waals surface area (Å²) in [6.45, 7) is 4.11. The molecule has 0 radical (unpaired) electrons. The molecule has 0 amide bonds. The van der Waals surface area contributed by atoms with Gasteiger partial charge in [0.15, 0.2) is 0 Å². The molecule has 0 saturated carbocycles. The molecule has 4 nitrogen and oxygen atoms in total. The summed E-state index contributed by atoms with van der Waals surface area (Å²) in [5.41, 5.74) is 14.2. The summed E-state index contributed by atoms with van der Waals surface area (Å²) in [6.07, 6.45) is 11.6. The fourth-order valence-corrected chi connectivity index (χ4v) is 5.50. The Morgan fingerprint density at radius 2 is 0.935 bits per heavy atom. The van der Waals surface area contributed by atoms with Gasteiger partial charge >= 0.3 is 0 Å². The van der Waals surface area contributed by atoms with Crippen molar-refractivity contribution >= 4 is 23.6 Å². The summed E-state index contributed by atoms with van der Waals surface area (Å²) < 4.78 is 0. The molecule has 0 saturated heterocycles. The Hall–Kier alpha value is -6.36. The van der Waals surface area contributed by atoms with E-state index in [2.05, 4.69) is 130 Å². The van der Waals surface area contributed by atoms with E-state index in [-0.39, 0.29) is 0 Å². The molecule has 0 atom stereocenters. The molecule has 0 spiro atoms. The quantitative estimate of drug-likeness (QED) is 0.197. The largest absolute Gasteiger partial charge is 0.359 e. The Labute approximate surface area is 269 Å². The van der Waals surface area contributed by atoms with Gasteiger partial charge in [-0.25, -0.2) is 0 Å². The fourth-order valence-electron chi connectivity index (χ4n) is 5.50. The molecule has 7 rings (SSSR count). The number of rotatable bonds is 4. The lowest BCUT2D eigenvalue weighted by Gasteiger charge is -2.09. The third-order valence-electron chi connectivity index (χ3n) is 7.78. The molecule has 0 fully saturated rings. The molecule has 2 aliphatic heterocycles. The number of aromatic nitrogens is 2. The van der Waals surface area contributed by atoms with Gasteiger partial charge in [0.25, 0.3) is 0 Å². The minimum Gasteiger partial charge on any atom is -0.359 e. The van der Waals surface area contributed by atoms with Crippen LogP contribution in [0.3, 0.4) is 0 Å². The molecule has 2 aliphatic rings. The average Bonchev–Trinajstić information content (AvgIpc) is 3.92. The maximum absolute atomic E-state index is 4.56. The predicted molar refractivity (Wildman–Crippen MR) is 190 cm³/mol. The molecule has 218 valence electrons. The van der Waals surface area contributed by atoms with Crippen molar-refractivity contribution in [1.82, 2.24) is 9.97 Å². The van der Waals surface area contributed by atoms with E-state index in [0.29, 0.717) is 0 Å². The number of nitrogens with one attached hydrogen (secondary N) is 2. The molecular weight excluding hydrogens is 560 g/mol. The first-order valence-corrected chi connectivity index (χ1v) is 15.2. The molecule has 3 aromatic carbocycles. The van der Waals surface area contributed by atoms with Gasteiger partial charge in [-0.1, -0.05) is 60.1 Å². The van der Waals surface area contributed by atoms with Crippen molar-refractivity contribution < 1.29 is 0 Å². The normalized spacial score (nSPS) is 15.0. The molecule has 0 bridgehead atoms. The van der Waals surface area contributed by atoms with Crippen LogP contribution >= 0.6 is 0 Å². The van der Waals surface area contributed by atoms with Crippen LogP contribution in [-0.4, -0.2) is 22.4 Å². The van der Waals surface area contributed by atoms with Crippen molar-refractivity contribution in [1.29, 1.82) is 0 Å². The predicted octanol–water partition coefficient (Wildman–Crippen LogP) is 8.56. The number of aryl methyl sites for hydroxylation is 2. The van der Waals surface area contributed by atoms with Crippen LogP contribution in [-0.2, 0) is 0 Å². The SMILES string of the molecule is Cc1ccc(/C(=C2/C=CC=N2)c2ccc(C#Cc3ccccc3C#Cc3ccc(/C(=C4/C=CC=N4)c4ccc(C)[nH]4)cc3)cc2)[nH]1. The Balaban J connectivity index is 1.12. The topological polar surface area (TPSA) is 56.3 Å². The lowest BCUT2D eigenvalue weighted by Crippen LogP contribution is -1.93. The van der Waals surface area contributed by atoms with Crippen LogP contribution in [0.2, 0.25) is 0 Å². The Morgan fingerprint density at radius 3 is 1.28 bits per heavy atom. The third kappa shape index (κ3) is 6.15. The van der Waals surface area contributed by atoms with Crippen LogP contribution in [0.15, 0.2) is 143 Å². The fraction of sp³-hybridized carbons (Fsp3) is 0.0476. The van der Waals surface area contributed by atoms with Crippen LogP contribution in [0.4, 0.5) is 0 Å². The molecular formula is C42H30N4. The molecule has 0 aliphatic carbocycles. The second-order valence-electron chi connectivity index (χ2n) is 11.1. The van der Waals surface area contributed by atoms with Gasteiger partial charge in [0.1, 0.15) is 0 Å². The van der Waals surface area contributed by atoms with E-state index >= 15 is 0 Å². The van der Waals surface area contributed by atoms with Crippen LogP contribution in [0.5, 0.6) is 0 Å². The minimum atomic E-state index is 0.894. The van der Waals surface area contributed by atoms with Gasteiger partial charge in [-0.2, -0.15) is 0 Å². The van der Waals surface area contributed by atoms with Crippen LogP contribution in [0.1, 0.15) is 56.2 Å². The van der Waals surface area contributed by atoms with E-state index in [1.807, 2.05) is 61.0 Å².